The van der Waals surface area contributed by atoms with Crippen molar-refractivity contribution < 1.29 is 9.53 Å². The third-order valence-electron chi connectivity index (χ3n) is 5.31. The molecule has 0 radical (unpaired) electrons. The van der Waals surface area contributed by atoms with E-state index in [9.17, 15) is 4.79 Å². The van der Waals surface area contributed by atoms with Crippen LogP contribution >= 0.6 is 0 Å². The van der Waals surface area contributed by atoms with Crippen LogP contribution in [0.2, 0.25) is 0 Å². The van der Waals surface area contributed by atoms with E-state index in [2.05, 4.69) is 70.6 Å². The molecule has 156 valence electrons. The average Bonchev–Trinajstić information content (AvgIpc) is 2.74. The Kier molecular flexibility index (Phi) is 8.08. The molecule has 0 spiro atoms. The Hall–Kier alpha value is -2.37. The first-order chi connectivity index (χ1) is 14.1. The topological polar surface area (TPSA) is 44.8 Å². The van der Waals surface area contributed by atoms with Crippen LogP contribution in [0.5, 0.6) is 0 Å². The Labute approximate surface area is 174 Å². The van der Waals surface area contributed by atoms with Gasteiger partial charge in [-0.05, 0) is 44.0 Å². The van der Waals surface area contributed by atoms with E-state index in [1.807, 2.05) is 13.1 Å². The molecule has 1 aliphatic heterocycles. The molecule has 2 aromatic rings. The Morgan fingerprint density at radius 2 is 1.79 bits per heavy atom. The van der Waals surface area contributed by atoms with Gasteiger partial charge in [-0.1, -0.05) is 48.5 Å². The highest BCUT2D eigenvalue weighted by molar-refractivity contribution is 5.78. The van der Waals surface area contributed by atoms with Crippen LogP contribution in [0, 0.1) is 0 Å². The molecule has 2 aromatic carbocycles. The van der Waals surface area contributed by atoms with E-state index in [1.165, 1.54) is 16.8 Å². The summed E-state index contributed by atoms with van der Waals surface area (Å²) in [5.41, 5.74) is 3.81. The third kappa shape index (κ3) is 6.87. The Morgan fingerprint density at radius 1 is 1.10 bits per heavy atom. The highest BCUT2D eigenvalue weighted by Gasteiger charge is 2.16. The number of hydrogen-bond acceptors (Lipinski definition) is 4. The van der Waals surface area contributed by atoms with Gasteiger partial charge in [0.25, 0.3) is 0 Å². The van der Waals surface area contributed by atoms with Gasteiger partial charge in [0.05, 0.1) is 19.8 Å². The van der Waals surface area contributed by atoms with E-state index in [1.54, 1.807) is 0 Å². The van der Waals surface area contributed by atoms with Crippen LogP contribution in [0.1, 0.15) is 24.5 Å². The molecule has 29 heavy (non-hydrogen) atoms. The first-order valence-corrected chi connectivity index (χ1v) is 10.5. The number of carbonyl (C=O) groups excluding carboxylic acids is 1. The number of aryl methyl sites for hydroxylation is 1. The van der Waals surface area contributed by atoms with E-state index < -0.39 is 0 Å². The summed E-state index contributed by atoms with van der Waals surface area (Å²) in [4.78, 5) is 16.9. The largest absolute Gasteiger partial charge is 0.378 e. The molecule has 0 aliphatic carbocycles. The molecule has 1 amide bonds. The molecule has 0 bridgehead atoms. The van der Waals surface area contributed by atoms with Crippen molar-refractivity contribution >= 4 is 11.6 Å². The lowest BCUT2D eigenvalue weighted by Gasteiger charge is -2.31. The fourth-order valence-electron chi connectivity index (χ4n) is 3.77. The normalized spacial score (nSPS) is 15.3. The summed E-state index contributed by atoms with van der Waals surface area (Å²) in [6.45, 7) is 6.60. The Morgan fingerprint density at radius 3 is 2.55 bits per heavy atom. The van der Waals surface area contributed by atoms with Crippen molar-refractivity contribution in [1.29, 1.82) is 0 Å². The molecule has 3 rings (SSSR count). The van der Waals surface area contributed by atoms with Gasteiger partial charge in [-0.25, -0.2) is 0 Å². The van der Waals surface area contributed by atoms with E-state index in [0.717, 1.165) is 45.7 Å². The van der Waals surface area contributed by atoms with E-state index >= 15 is 0 Å². The first kappa shape index (κ1) is 21.3. The lowest BCUT2D eigenvalue weighted by Crippen LogP contribution is -2.40. The molecule has 5 nitrogen and oxygen atoms in total. The SMILES string of the molecule is C[C@@H](CCc1ccccc1)NC(=O)CN(C)Cc1ccccc1N1CCOCC1. The second-order valence-corrected chi connectivity index (χ2v) is 7.89. The minimum atomic E-state index is 0.0805. The number of anilines is 1. The quantitative estimate of drug-likeness (QED) is 0.709. The number of carbonyl (C=O) groups is 1. The summed E-state index contributed by atoms with van der Waals surface area (Å²) in [6, 6.07) is 19.0. The molecule has 1 saturated heterocycles. The van der Waals surface area contributed by atoms with Crippen molar-refractivity contribution in [2.24, 2.45) is 0 Å². The number of ether oxygens (including phenoxy) is 1. The summed E-state index contributed by atoms with van der Waals surface area (Å²) < 4.78 is 5.47. The van der Waals surface area contributed by atoms with Gasteiger partial charge in [0.15, 0.2) is 0 Å². The number of morpholine rings is 1. The second-order valence-electron chi connectivity index (χ2n) is 7.89. The Balaban J connectivity index is 1.46. The average molecular weight is 396 g/mol. The van der Waals surface area contributed by atoms with Crippen LogP contribution in [0.25, 0.3) is 0 Å². The van der Waals surface area contributed by atoms with Crippen LogP contribution in [-0.4, -0.2) is 56.7 Å². The molecule has 1 N–H and O–H groups in total. The van der Waals surface area contributed by atoms with Gasteiger partial charge in [-0.15, -0.1) is 0 Å². The van der Waals surface area contributed by atoms with E-state index in [0.29, 0.717) is 6.54 Å². The first-order valence-electron chi connectivity index (χ1n) is 10.5. The zero-order chi connectivity index (χ0) is 20.5. The predicted molar refractivity (Wildman–Crippen MR) is 118 cm³/mol. The minimum Gasteiger partial charge on any atom is -0.378 e. The van der Waals surface area contributed by atoms with Crippen molar-refractivity contribution in [2.75, 3.05) is 44.8 Å². The zero-order valence-electron chi connectivity index (χ0n) is 17.6. The lowest BCUT2D eigenvalue weighted by atomic mass is 10.1. The van der Waals surface area contributed by atoms with E-state index in [-0.39, 0.29) is 11.9 Å². The standard InChI is InChI=1S/C24H33N3O2/c1-20(12-13-21-8-4-3-5-9-21)25-24(28)19-26(2)18-22-10-6-7-11-23(22)27-14-16-29-17-15-27/h3-11,20H,12-19H2,1-2H3,(H,25,28)/t20-/m0/s1. The fraction of sp³-hybridized carbons (Fsp3) is 0.458. The molecule has 0 saturated carbocycles. The number of nitrogens with zero attached hydrogens (tertiary/aromatic N) is 2. The van der Waals surface area contributed by atoms with Crippen LogP contribution in [0.3, 0.4) is 0 Å². The van der Waals surface area contributed by atoms with Gasteiger partial charge >= 0.3 is 0 Å². The van der Waals surface area contributed by atoms with E-state index in [4.69, 9.17) is 4.74 Å². The minimum absolute atomic E-state index is 0.0805. The Bertz CT molecular complexity index is 760. The molecule has 1 fully saturated rings. The summed E-state index contributed by atoms with van der Waals surface area (Å²) in [5.74, 6) is 0.0805. The van der Waals surface area contributed by atoms with Gasteiger partial charge in [-0.2, -0.15) is 0 Å². The number of nitrogens with one attached hydrogen (secondary N) is 1. The molecule has 0 aromatic heterocycles. The molecule has 5 heteroatoms. The number of benzene rings is 2. The maximum absolute atomic E-state index is 12.5. The monoisotopic (exact) mass is 395 g/mol. The van der Waals surface area contributed by atoms with Gasteiger partial charge in [-0.3, -0.25) is 9.69 Å². The number of rotatable bonds is 9. The van der Waals surface area contributed by atoms with Gasteiger partial charge in [0.1, 0.15) is 0 Å². The fourth-order valence-corrected chi connectivity index (χ4v) is 3.77. The van der Waals surface area contributed by atoms with Crippen LogP contribution in [0.4, 0.5) is 5.69 Å². The van der Waals surface area contributed by atoms with Crippen molar-refractivity contribution in [3.63, 3.8) is 0 Å². The molecule has 1 aliphatic rings. The predicted octanol–water partition coefficient (Wildman–Crippen LogP) is 3.09. The molecule has 0 unspecified atom stereocenters. The highest BCUT2D eigenvalue weighted by atomic mass is 16.5. The van der Waals surface area contributed by atoms with Crippen molar-refractivity contribution in [2.45, 2.75) is 32.4 Å². The van der Waals surface area contributed by atoms with Crippen LogP contribution < -0.4 is 10.2 Å². The van der Waals surface area contributed by atoms with Crippen molar-refractivity contribution in [3.05, 3.63) is 65.7 Å². The lowest BCUT2D eigenvalue weighted by molar-refractivity contribution is -0.122. The van der Waals surface area contributed by atoms with Gasteiger partial charge in [0, 0.05) is 31.4 Å². The number of amides is 1. The maximum atomic E-state index is 12.5. The smallest absolute Gasteiger partial charge is 0.234 e. The number of para-hydroxylation sites is 1. The second kappa shape index (κ2) is 11.0. The summed E-state index contributed by atoms with van der Waals surface area (Å²) in [7, 11) is 2.00. The highest BCUT2D eigenvalue weighted by Crippen LogP contribution is 2.22. The third-order valence-corrected chi connectivity index (χ3v) is 5.31. The summed E-state index contributed by atoms with van der Waals surface area (Å²) >= 11 is 0. The molecular formula is C24H33N3O2. The maximum Gasteiger partial charge on any atom is 0.234 e. The van der Waals surface area contributed by atoms with Gasteiger partial charge in [0.2, 0.25) is 5.91 Å². The van der Waals surface area contributed by atoms with Crippen LogP contribution in [-0.2, 0) is 22.5 Å². The summed E-state index contributed by atoms with van der Waals surface area (Å²) in [6.07, 6.45) is 1.92. The zero-order valence-corrected chi connectivity index (χ0v) is 17.6. The van der Waals surface area contributed by atoms with Gasteiger partial charge < -0.3 is 15.0 Å². The molecule has 1 atom stereocenters. The van der Waals surface area contributed by atoms with Crippen LogP contribution in [0.15, 0.2) is 54.6 Å². The molecule has 1 heterocycles. The van der Waals surface area contributed by atoms with Crippen molar-refractivity contribution in [1.82, 2.24) is 10.2 Å². The van der Waals surface area contributed by atoms with Crippen molar-refractivity contribution in [3.8, 4) is 0 Å². The number of likely N-dealkylation sites (N-methyl/N-ethyl adjacent to an activating group) is 1. The molecular weight excluding hydrogens is 362 g/mol. The number of hydrogen-bond donors (Lipinski definition) is 1. The summed E-state index contributed by atoms with van der Waals surface area (Å²) in [5, 5.41) is 3.14.